The quantitative estimate of drug-likeness (QED) is 0.463. The summed E-state index contributed by atoms with van der Waals surface area (Å²) in [5, 5.41) is 4.05. The van der Waals surface area contributed by atoms with Gasteiger partial charge in [-0.25, -0.2) is 0 Å². The number of anilines is 1. The lowest BCUT2D eigenvalue weighted by Crippen LogP contribution is -2.37. The van der Waals surface area contributed by atoms with Crippen molar-refractivity contribution in [3.05, 3.63) is 94.7 Å². The fourth-order valence-corrected chi connectivity index (χ4v) is 5.01. The van der Waals surface area contributed by atoms with Crippen molar-refractivity contribution < 1.29 is 14.3 Å². The van der Waals surface area contributed by atoms with Crippen LogP contribution in [0.5, 0.6) is 5.75 Å². The second-order valence-corrected chi connectivity index (χ2v) is 8.76. The Bertz CT molecular complexity index is 1400. The molecule has 0 bridgehead atoms. The Balaban J connectivity index is 1.57. The molecule has 0 fully saturated rings. The molecule has 6 nitrogen and oxygen atoms in total. The number of aryl methyl sites for hydroxylation is 3. The maximum absolute atomic E-state index is 13.7. The van der Waals surface area contributed by atoms with E-state index >= 15 is 0 Å². The van der Waals surface area contributed by atoms with Gasteiger partial charge in [0.2, 0.25) is 5.91 Å². The molecule has 0 unspecified atom stereocenters. The summed E-state index contributed by atoms with van der Waals surface area (Å²) in [6, 6.07) is 21.2. The zero-order valence-corrected chi connectivity index (χ0v) is 19.8. The van der Waals surface area contributed by atoms with E-state index in [-0.39, 0.29) is 24.4 Å². The second kappa shape index (κ2) is 8.37. The van der Waals surface area contributed by atoms with Gasteiger partial charge in [0.15, 0.2) is 0 Å². The molecule has 0 spiro atoms. The van der Waals surface area contributed by atoms with Crippen LogP contribution in [0, 0.1) is 13.8 Å². The first-order valence-electron chi connectivity index (χ1n) is 11.3. The predicted octanol–water partition coefficient (Wildman–Crippen LogP) is 4.99. The molecule has 2 heterocycles. The number of carbonyl (C=O) groups excluding carboxylic acids is 2. The molecule has 34 heavy (non-hydrogen) atoms. The summed E-state index contributed by atoms with van der Waals surface area (Å²) in [6.45, 7) is 3.88. The van der Waals surface area contributed by atoms with Crippen LogP contribution in [0.15, 0.2) is 66.7 Å². The third-order valence-corrected chi connectivity index (χ3v) is 6.69. The Kier molecular flexibility index (Phi) is 5.36. The molecular weight excluding hydrogens is 426 g/mol. The van der Waals surface area contributed by atoms with Crippen molar-refractivity contribution in [3.63, 3.8) is 0 Å². The van der Waals surface area contributed by atoms with Crippen molar-refractivity contribution in [3.8, 4) is 5.75 Å². The van der Waals surface area contributed by atoms with Crippen LogP contribution in [0.4, 0.5) is 5.69 Å². The van der Waals surface area contributed by atoms with Crippen molar-refractivity contribution in [1.29, 1.82) is 0 Å². The monoisotopic (exact) mass is 453 g/mol. The Hall–Kier alpha value is -4.06. The van der Waals surface area contributed by atoms with Crippen molar-refractivity contribution in [2.75, 3.05) is 19.0 Å². The summed E-state index contributed by atoms with van der Waals surface area (Å²) in [7, 11) is 3.53. The summed E-state index contributed by atoms with van der Waals surface area (Å²) in [5.41, 5.74) is 6.27. The van der Waals surface area contributed by atoms with Crippen LogP contribution >= 0.6 is 0 Å². The molecule has 5 rings (SSSR count). The first-order valence-corrected chi connectivity index (χ1v) is 11.3. The maximum atomic E-state index is 13.7. The van der Waals surface area contributed by atoms with Gasteiger partial charge in [-0.3, -0.25) is 9.59 Å². The van der Waals surface area contributed by atoms with Crippen LogP contribution in [0.25, 0.3) is 10.9 Å². The SMILES string of the molecule is COc1ccc([C@@H]2c3c(n(C)c4ccccc34)C(=O)N2CC(=O)Nc2c(C)cccc2C)cc1. The molecule has 1 aromatic heterocycles. The van der Waals surface area contributed by atoms with Gasteiger partial charge in [-0.1, -0.05) is 48.5 Å². The molecule has 1 N–H and O–H groups in total. The van der Waals surface area contributed by atoms with Gasteiger partial charge < -0.3 is 19.5 Å². The van der Waals surface area contributed by atoms with E-state index in [1.807, 2.05) is 92.2 Å². The van der Waals surface area contributed by atoms with Gasteiger partial charge in [-0.2, -0.15) is 0 Å². The smallest absolute Gasteiger partial charge is 0.272 e. The number of methoxy groups -OCH3 is 1. The highest BCUT2D eigenvalue weighted by atomic mass is 16.5. The second-order valence-electron chi connectivity index (χ2n) is 8.76. The van der Waals surface area contributed by atoms with E-state index in [4.69, 9.17) is 4.74 Å². The van der Waals surface area contributed by atoms with Gasteiger partial charge in [0.25, 0.3) is 5.91 Å². The highest BCUT2D eigenvalue weighted by molar-refractivity contribution is 6.08. The number of nitrogens with zero attached hydrogens (tertiary/aromatic N) is 2. The third-order valence-electron chi connectivity index (χ3n) is 6.69. The standard InChI is InChI=1S/C28H27N3O3/c1-17-8-7-9-18(2)25(17)29-23(32)16-31-26(19-12-14-20(34-4)15-13-19)24-21-10-5-6-11-22(21)30(3)27(24)28(31)33/h5-15,26H,16H2,1-4H3,(H,29,32)/t26-/m1/s1. The first-order chi connectivity index (χ1) is 16.4. The maximum Gasteiger partial charge on any atom is 0.272 e. The van der Waals surface area contributed by atoms with Crippen molar-refractivity contribution in [2.45, 2.75) is 19.9 Å². The lowest BCUT2D eigenvalue weighted by atomic mass is 9.98. The molecule has 6 heteroatoms. The molecule has 3 aromatic carbocycles. The highest BCUT2D eigenvalue weighted by Crippen LogP contribution is 2.44. The van der Waals surface area contributed by atoms with Gasteiger partial charge in [-0.05, 0) is 48.7 Å². The van der Waals surface area contributed by atoms with E-state index in [1.54, 1.807) is 12.0 Å². The molecule has 4 aromatic rings. The fourth-order valence-electron chi connectivity index (χ4n) is 5.01. The summed E-state index contributed by atoms with van der Waals surface area (Å²) >= 11 is 0. The molecule has 0 saturated carbocycles. The minimum atomic E-state index is -0.372. The molecule has 2 amide bonds. The number of amides is 2. The number of carbonyl (C=O) groups is 2. The number of aromatic nitrogens is 1. The van der Waals surface area contributed by atoms with Gasteiger partial charge in [0.1, 0.15) is 18.0 Å². The zero-order valence-electron chi connectivity index (χ0n) is 19.8. The normalized spacial score (nSPS) is 15.0. The van der Waals surface area contributed by atoms with Crippen LogP contribution in [0.3, 0.4) is 0 Å². The van der Waals surface area contributed by atoms with E-state index in [9.17, 15) is 9.59 Å². The van der Waals surface area contributed by atoms with E-state index in [0.29, 0.717) is 5.69 Å². The minimum Gasteiger partial charge on any atom is -0.497 e. The van der Waals surface area contributed by atoms with E-state index < -0.39 is 0 Å². The molecule has 1 atom stereocenters. The first kappa shape index (κ1) is 21.8. The van der Waals surface area contributed by atoms with Crippen molar-refractivity contribution in [1.82, 2.24) is 9.47 Å². The molecule has 1 aliphatic heterocycles. The molecular formula is C28H27N3O3. The zero-order chi connectivity index (χ0) is 24.0. The Labute approximate surface area is 198 Å². The van der Waals surface area contributed by atoms with Gasteiger partial charge >= 0.3 is 0 Å². The van der Waals surface area contributed by atoms with Crippen LogP contribution in [0.2, 0.25) is 0 Å². The van der Waals surface area contributed by atoms with Crippen LogP contribution in [-0.4, -0.2) is 34.9 Å². The Morgan fingerprint density at radius 2 is 1.65 bits per heavy atom. The summed E-state index contributed by atoms with van der Waals surface area (Å²) < 4.78 is 7.27. The van der Waals surface area contributed by atoms with Gasteiger partial charge in [0, 0.05) is 29.2 Å². The lowest BCUT2D eigenvalue weighted by Gasteiger charge is -2.26. The molecule has 0 aliphatic carbocycles. The number of benzene rings is 3. The van der Waals surface area contributed by atoms with Crippen LogP contribution < -0.4 is 10.1 Å². The van der Waals surface area contributed by atoms with Gasteiger partial charge in [0.05, 0.1) is 13.2 Å². The third kappa shape index (κ3) is 3.43. The minimum absolute atomic E-state index is 0.0493. The van der Waals surface area contributed by atoms with E-state index in [1.165, 1.54) is 0 Å². The number of fused-ring (bicyclic) bond motifs is 3. The van der Waals surface area contributed by atoms with Crippen molar-refractivity contribution >= 4 is 28.4 Å². The Morgan fingerprint density at radius 3 is 2.32 bits per heavy atom. The molecule has 0 saturated heterocycles. The largest absolute Gasteiger partial charge is 0.497 e. The Morgan fingerprint density at radius 1 is 0.971 bits per heavy atom. The average molecular weight is 454 g/mol. The van der Waals surface area contributed by atoms with Crippen LogP contribution in [0.1, 0.15) is 38.8 Å². The topological polar surface area (TPSA) is 63.6 Å². The fraction of sp³-hybridized carbons (Fsp3) is 0.214. The van der Waals surface area contributed by atoms with Gasteiger partial charge in [-0.15, -0.1) is 0 Å². The molecule has 1 aliphatic rings. The number of rotatable bonds is 5. The van der Waals surface area contributed by atoms with E-state index in [0.717, 1.165) is 44.6 Å². The summed E-state index contributed by atoms with van der Waals surface area (Å²) in [4.78, 5) is 28.6. The highest BCUT2D eigenvalue weighted by Gasteiger charge is 2.42. The molecule has 172 valence electrons. The number of nitrogens with one attached hydrogen (secondary N) is 1. The number of para-hydroxylation sites is 2. The predicted molar refractivity (Wildman–Crippen MR) is 133 cm³/mol. The van der Waals surface area contributed by atoms with Crippen molar-refractivity contribution in [2.24, 2.45) is 7.05 Å². The average Bonchev–Trinajstić information content (AvgIpc) is 3.29. The number of hydrogen-bond acceptors (Lipinski definition) is 3. The summed E-state index contributed by atoms with van der Waals surface area (Å²) in [6.07, 6.45) is 0. The number of hydrogen-bond donors (Lipinski definition) is 1. The summed E-state index contributed by atoms with van der Waals surface area (Å²) in [5.74, 6) is 0.373. The van der Waals surface area contributed by atoms with Crippen LogP contribution in [-0.2, 0) is 11.8 Å². The number of ether oxygens (including phenoxy) is 1. The molecule has 0 radical (unpaired) electrons. The van der Waals surface area contributed by atoms with E-state index in [2.05, 4.69) is 5.32 Å². The lowest BCUT2D eigenvalue weighted by molar-refractivity contribution is -0.117.